The summed E-state index contributed by atoms with van der Waals surface area (Å²) in [5.74, 6) is 0. The molecular formula is C9H17N. The molecule has 0 aliphatic heterocycles. The van der Waals surface area contributed by atoms with Crippen LogP contribution in [0.3, 0.4) is 0 Å². The molecule has 0 aliphatic carbocycles. The van der Waals surface area contributed by atoms with Crippen LogP contribution in [-0.2, 0) is 0 Å². The zero-order valence-corrected chi connectivity index (χ0v) is 6.98. The zero-order valence-electron chi connectivity index (χ0n) is 6.98. The first-order chi connectivity index (χ1) is 4.70. The Bertz CT molecular complexity index is 134. The lowest BCUT2D eigenvalue weighted by Crippen LogP contribution is -2.02. The minimum Gasteiger partial charge on any atom is -0.327 e. The smallest absolute Gasteiger partial charge is 0.0140 e. The highest BCUT2D eigenvalue weighted by molar-refractivity contribution is 5.19. The fourth-order valence-corrected chi connectivity index (χ4v) is 0.903. The van der Waals surface area contributed by atoms with Gasteiger partial charge in [0, 0.05) is 6.54 Å². The molecule has 0 rings (SSSR count). The van der Waals surface area contributed by atoms with E-state index in [2.05, 4.69) is 19.6 Å². The van der Waals surface area contributed by atoms with Crippen molar-refractivity contribution in [1.29, 1.82) is 0 Å². The number of hydrogen-bond acceptors (Lipinski definition) is 1. The largest absolute Gasteiger partial charge is 0.327 e. The van der Waals surface area contributed by atoms with E-state index in [0.717, 1.165) is 18.4 Å². The molecule has 0 atom stereocenters. The fourth-order valence-electron chi connectivity index (χ4n) is 0.903. The van der Waals surface area contributed by atoms with Crippen molar-refractivity contribution in [2.45, 2.75) is 26.7 Å². The van der Waals surface area contributed by atoms with Crippen LogP contribution in [0.25, 0.3) is 0 Å². The molecule has 0 spiro atoms. The van der Waals surface area contributed by atoms with Gasteiger partial charge in [-0.05, 0) is 13.3 Å². The fraction of sp³-hybridized carbons (Fsp3) is 0.556. The summed E-state index contributed by atoms with van der Waals surface area (Å²) in [7, 11) is 0. The molecule has 0 saturated heterocycles. The summed E-state index contributed by atoms with van der Waals surface area (Å²) in [4.78, 5) is 0. The lowest BCUT2D eigenvalue weighted by Gasteiger charge is -2.00. The minimum atomic E-state index is 0.667. The Hall–Kier alpha value is -0.560. The van der Waals surface area contributed by atoms with E-state index in [1.54, 1.807) is 0 Å². The first-order valence-electron chi connectivity index (χ1n) is 3.75. The quantitative estimate of drug-likeness (QED) is 0.594. The second-order valence-corrected chi connectivity index (χ2v) is 2.60. The second kappa shape index (κ2) is 5.24. The van der Waals surface area contributed by atoms with Crippen molar-refractivity contribution in [1.82, 2.24) is 0 Å². The molecule has 0 bridgehead atoms. The second-order valence-electron chi connectivity index (χ2n) is 2.60. The molecule has 58 valence electrons. The van der Waals surface area contributed by atoms with E-state index in [1.807, 2.05) is 6.92 Å². The van der Waals surface area contributed by atoms with Crippen LogP contribution in [-0.4, -0.2) is 6.54 Å². The Labute approximate surface area is 63.6 Å². The third-order valence-corrected chi connectivity index (χ3v) is 1.28. The molecule has 0 unspecified atom stereocenters. The van der Waals surface area contributed by atoms with Crippen molar-refractivity contribution in [3.8, 4) is 0 Å². The van der Waals surface area contributed by atoms with Crippen molar-refractivity contribution >= 4 is 0 Å². The molecule has 10 heavy (non-hydrogen) atoms. The van der Waals surface area contributed by atoms with E-state index in [4.69, 9.17) is 5.73 Å². The van der Waals surface area contributed by atoms with Crippen LogP contribution in [0.2, 0.25) is 0 Å². The first-order valence-corrected chi connectivity index (χ1v) is 3.75. The third-order valence-electron chi connectivity index (χ3n) is 1.28. The van der Waals surface area contributed by atoms with Gasteiger partial charge in [-0.15, -0.1) is 0 Å². The van der Waals surface area contributed by atoms with Crippen molar-refractivity contribution in [2.24, 2.45) is 5.73 Å². The summed E-state index contributed by atoms with van der Waals surface area (Å²) >= 11 is 0. The van der Waals surface area contributed by atoms with Crippen LogP contribution >= 0.6 is 0 Å². The molecule has 0 aromatic rings. The van der Waals surface area contributed by atoms with Gasteiger partial charge in [-0.25, -0.2) is 0 Å². The average molecular weight is 139 g/mol. The summed E-state index contributed by atoms with van der Waals surface area (Å²) in [5, 5.41) is 0. The lowest BCUT2D eigenvalue weighted by molar-refractivity contribution is 0.873. The van der Waals surface area contributed by atoms with Crippen molar-refractivity contribution in [3.05, 3.63) is 23.8 Å². The van der Waals surface area contributed by atoms with Gasteiger partial charge in [0.05, 0.1) is 0 Å². The molecule has 0 amide bonds. The normalized spacial score (nSPS) is 11.7. The van der Waals surface area contributed by atoms with Crippen molar-refractivity contribution in [3.63, 3.8) is 0 Å². The standard InChI is InChI=1S/C9H17N/c1-4-5-9(7-10)6-8(2)3/h6H,2,4-5,7,10H2,1,3H3/b9-6+. The maximum absolute atomic E-state index is 5.50. The maximum atomic E-state index is 5.50. The van der Waals surface area contributed by atoms with E-state index >= 15 is 0 Å². The van der Waals surface area contributed by atoms with Gasteiger partial charge in [0.1, 0.15) is 0 Å². The van der Waals surface area contributed by atoms with E-state index in [1.165, 1.54) is 5.57 Å². The minimum absolute atomic E-state index is 0.667. The number of hydrogen-bond donors (Lipinski definition) is 1. The van der Waals surface area contributed by atoms with Gasteiger partial charge in [0.2, 0.25) is 0 Å². The Balaban J connectivity index is 3.91. The topological polar surface area (TPSA) is 26.0 Å². The Morgan fingerprint density at radius 3 is 2.50 bits per heavy atom. The monoisotopic (exact) mass is 139 g/mol. The molecular weight excluding hydrogens is 122 g/mol. The predicted molar refractivity (Wildman–Crippen MR) is 46.9 cm³/mol. The third kappa shape index (κ3) is 4.33. The molecule has 1 heteroatoms. The molecule has 0 fully saturated rings. The highest BCUT2D eigenvalue weighted by Gasteiger charge is 1.90. The summed E-state index contributed by atoms with van der Waals surface area (Å²) in [6.45, 7) is 8.61. The molecule has 0 aromatic heterocycles. The van der Waals surface area contributed by atoms with Crippen LogP contribution < -0.4 is 5.73 Å². The zero-order chi connectivity index (χ0) is 7.98. The van der Waals surface area contributed by atoms with Gasteiger partial charge < -0.3 is 5.73 Å². The predicted octanol–water partition coefficient (Wildman–Crippen LogP) is 2.25. The van der Waals surface area contributed by atoms with Crippen molar-refractivity contribution < 1.29 is 0 Å². The van der Waals surface area contributed by atoms with Crippen LogP contribution in [0.4, 0.5) is 0 Å². The van der Waals surface area contributed by atoms with E-state index in [-0.39, 0.29) is 0 Å². The van der Waals surface area contributed by atoms with Crippen LogP contribution in [0.5, 0.6) is 0 Å². The summed E-state index contributed by atoms with van der Waals surface area (Å²) in [6, 6.07) is 0. The first kappa shape index (κ1) is 9.44. The highest BCUT2D eigenvalue weighted by Crippen LogP contribution is 2.05. The highest BCUT2D eigenvalue weighted by atomic mass is 14.5. The van der Waals surface area contributed by atoms with Crippen LogP contribution in [0, 0.1) is 0 Å². The van der Waals surface area contributed by atoms with E-state index in [0.29, 0.717) is 6.54 Å². The maximum Gasteiger partial charge on any atom is 0.0140 e. The summed E-state index contributed by atoms with van der Waals surface area (Å²) in [5.41, 5.74) is 7.89. The van der Waals surface area contributed by atoms with Gasteiger partial charge >= 0.3 is 0 Å². The van der Waals surface area contributed by atoms with Gasteiger partial charge in [-0.1, -0.05) is 37.1 Å². The Morgan fingerprint density at radius 2 is 2.20 bits per heavy atom. The SMILES string of the molecule is C=C(C)/C=C(/CN)CCC. The molecule has 0 aliphatic rings. The molecule has 0 aromatic carbocycles. The molecule has 1 nitrogen and oxygen atoms in total. The van der Waals surface area contributed by atoms with Crippen LogP contribution in [0.15, 0.2) is 23.8 Å². The van der Waals surface area contributed by atoms with Gasteiger partial charge in [-0.2, -0.15) is 0 Å². The van der Waals surface area contributed by atoms with E-state index in [9.17, 15) is 0 Å². The number of nitrogens with two attached hydrogens (primary N) is 1. The van der Waals surface area contributed by atoms with Crippen LogP contribution in [0.1, 0.15) is 26.7 Å². The molecule has 0 saturated carbocycles. The average Bonchev–Trinajstić information content (AvgIpc) is 1.86. The number of allylic oxidation sites excluding steroid dienone is 2. The van der Waals surface area contributed by atoms with Crippen molar-refractivity contribution in [2.75, 3.05) is 6.54 Å². The van der Waals surface area contributed by atoms with Gasteiger partial charge in [-0.3, -0.25) is 0 Å². The molecule has 0 radical (unpaired) electrons. The molecule has 2 N–H and O–H groups in total. The Kier molecular flexibility index (Phi) is 4.95. The summed E-state index contributed by atoms with van der Waals surface area (Å²) < 4.78 is 0. The van der Waals surface area contributed by atoms with E-state index < -0.39 is 0 Å². The van der Waals surface area contributed by atoms with Gasteiger partial charge in [0.15, 0.2) is 0 Å². The lowest BCUT2D eigenvalue weighted by atomic mass is 10.1. The molecule has 0 heterocycles. The van der Waals surface area contributed by atoms with Gasteiger partial charge in [0.25, 0.3) is 0 Å². The Morgan fingerprint density at radius 1 is 1.60 bits per heavy atom. The number of rotatable bonds is 4. The summed E-state index contributed by atoms with van der Waals surface area (Å²) in [6.07, 6.45) is 4.34.